The van der Waals surface area contributed by atoms with Gasteiger partial charge in [-0.25, -0.2) is 12.7 Å². The molecule has 0 saturated heterocycles. The monoisotopic (exact) mass is 333 g/mol. The maximum absolute atomic E-state index is 12.2. The van der Waals surface area contributed by atoms with Crippen LogP contribution in [0.3, 0.4) is 0 Å². The first-order chi connectivity index (χ1) is 10.9. The van der Waals surface area contributed by atoms with Gasteiger partial charge in [0.05, 0.1) is 11.4 Å². The van der Waals surface area contributed by atoms with E-state index in [1.54, 1.807) is 24.5 Å². The third kappa shape index (κ3) is 4.44. The van der Waals surface area contributed by atoms with Gasteiger partial charge in [0.2, 0.25) is 10.0 Å². The Morgan fingerprint density at radius 2 is 1.87 bits per heavy atom. The van der Waals surface area contributed by atoms with Gasteiger partial charge in [-0.15, -0.1) is 0 Å². The Morgan fingerprint density at radius 3 is 2.52 bits per heavy atom. The molecule has 0 aliphatic carbocycles. The van der Waals surface area contributed by atoms with Crippen LogP contribution in [0.5, 0.6) is 0 Å². The number of nitrogens with one attached hydrogen (secondary N) is 1. The molecule has 2 aromatic rings. The van der Waals surface area contributed by atoms with Gasteiger partial charge >= 0.3 is 0 Å². The zero-order valence-corrected chi connectivity index (χ0v) is 13.9. The number of rotatable bonds is 7. The predicted octanol–water partition coefficient (Wildman–Crippen LogP) is 1.30. The molecule has 1 aromatic heterocycles. The second-order valence-corrected chi connectivity index (χ2v) is 7.35. The van der Waals surface area contributed by atoms with Crippen LogP contribution in [0.15, 0.2) is 53.7 Å². The summed E-state index contributed by atoms with van der Waals surface area (Å²) in [6.45, 7) is 0.678. The van der Waals surface area contributed by atoms with E-state index in [-0.39, 0.29) is 17.2 Å². The van der Waals surface area contributed by atoms with Gasteiger partial charge in [-0.05, 0) is 29.8 Å². The zero-order chi connectivity index (χ0) is 16.9. The van der Waals surface area contributed by atoms with Gasteiger partial charge in [0.15, 0.2) is 5.78 Å². The lowest BCUT2D eigenvalue weighted by molar-refractivity contribution is 0.0990. The summed E-state index contributed by atoms with van der Waals surface area (Å²) >= 11 is 0. The molecule has 7 heteroatoms. The van der Waals surface area contributed by atoms with Gasteiger partial charge < -0.3 is 5.32 Å². The fourth-order valence-electron chi connectivity index (χ4n) is 1.96. The van der Waals surface area contributed by atoms with Crippen molar-refractivity contribution in [2.75, 3.05) is 20.6 Å². The summed E-state index contributed by atoms with van der Waals surface area (Å²) in [5.74, 6) is -0.158. The molecule has 1 heterocycles. The molecule has 1 aromatic carbocycles. The van der Waals surface area contributed by atoms with Crippen molar-refractivity contribution in [1.29, 1.82) is 0 Å². The second-order valence-electron chi connectivity index (χ2n) is 5.20. The molecule has 122 valence electrons. The number of ketones is 1. The van der Waals surface area contributed by atoms with Gasteiger partial charge in [0.25, 0.3) is 0 Å². The van der Waals surface area contributed by atoms with Crippen LogP contribution in [0, 0.1) is 0 Å². The lowest BCUT2D eigenvalue weighted by Crippen LogP contribution is -2.24. The Kier molecular flexibility index (Phi) is 5.59. The van der Waals surface area contributed by atoms with Crippen LogP contribution >= 0.6 is 0 Å². The number of benzene rings is 1. The predicted molar refractivity (Wildman–Crippen MR) is 87.6 cm³/mol. The minimum Gasteiger partial charge on any atom is -0.306 e. The van der Waals surface area contributed by atoms with Crippen molar-refractivity contribution in [2.45, 2.75) is 11.4 Å². The number of hydrogen-bond donors (Lipinski definition) is 1. The van der Waals surface area contributed by atoms with E-state index in [1.165, 1.54) is 26.2 Å². The molecule has 0 atom stereocenters. The molecule has 6 nitrogen and oxygen atoms in total. The highest BCUT2D eigenvalue weighted by molar-refractivity contribution is 7.89. The largest absolute Gasteiger partial charge is 0.306 e. The summed E-state index contributed by atoms with van der Waals surface area (Å²) in [6, 6.07) is 9.81. The summed E-state index contributed by atoms with van der Waals surface area (Å²) < 4.78 is 25.3. The topological polar surface area (TPSA) is 79.4 Å². The maximum atomic E-state index is 12.2. The lowest BCUT2D eigenvalue weighted by Gasteiger charge is -2.12. The van der Waals surface area contributed by atoms with Crippen molar-refractivity contribution in [2.24, 2.45) is 0 Å². The molecule has 0 aliphatic heterocycles. The second kappa shape index (κ2) is 7.45. The fourth-order valence-corrected chi connectivity index (χ4v) is 2.91. The van der Waals surface area contributed by atoms with Gasteiger partial charge in [-0.1, -0.05) is 12.1 Å². The highest BCUT2D eigenvalue weighted by atomic mass is 32.2. The van der Waals surface area contributed by atoms with Crippen molar-refractivity contribution < 1.29 is 13.2 Å². The quantitative estimate of drug-likeness (QED) is 0.773. The van der Waals surface area contributed by atoms with E-state index in [4.69, 9.17) is 0 Å². The molecule has 0 saturated carbocycles. The zero-order valence-electron chi connectivity index (χ0n) is 13.1. The van der Waals surface area contributed by atoms with Crippen LogP contribution in [0.4, 0.5) is 0 Å². The normalized spacial score (nSPS) is 11.6. The number of pyridine rings is 1. The van der Waals surface area contributed by atoms with Crippen molar-refractivity contribution in [3.63, 3.8) is 0 Å². The molecular formula is C16H19N3O3S. The third-order valence-electron chi connectivity index (χ3n) is 3.30. The van der Waals surface area contributed by atoms with Crippen molar-refractivity contribution in [1.82, 2.24) is 14.6 Å². The van der Waals surface area contributed by atoms with Gasteiger partial charge in [0.1, 0.15) is 0 Å². The van der Waals surface area contributed by atoms with Crippen molar-refractivity contribution in [3.8, 4) is 0 Å². The highest BCUT2D eigenvalue weighted by Crippen LogP contribution is 2.15. The molecule has 0 aliphatic rings. The lowest BCUT2D eigenvalue weighted by atomic mass is 10.1. The molecule has 0 unspecified atom stereocenters. The summed E-state index contributed by atoms with van der Waals surface area (Å²) in [7, 11) is -0.626. The molecule has 23 heavy (non-hydrogen) atoms. The van der Waals surface area contributed by atoms with E-state index >= 15 is 0 Å². The number of carbonyl (C=O) groups is 1. The fraction of sp³-hybridized carbons (Fsp3) is 0.250. The molecular weight excluding hydrogens is 314 g/mol. The Hall–Kier alpha value is -2.09. The summed E-state index contributed by atoms with van der Waals surface area (Å²) in [6.07, 6.45) is 3.38. The summed E-state index contributed by atoms with van der Waals surface area (Å²) in [5, 5.41) is 3.04. The Morgan fingerprint density at radius 1 is 1.17 bits per heavy atom. The van der Waals surface area contributed by atoms with E-state index < -0.39 is 10.0 Å². The minimum atomic E-state index is -3.54. The van der Waals surface area contributed by atoms with Crippen LogP contribution in [0.1, 0.15) is 15.9 Å². The number of sulfonamides is 1. The van der Waals surface area contributed by atoms with Gasteiger partial charge in [0, 0.05) is 38.6 Å². The van der Waals surface area contributed by atoms with Crippen molar-refractivity contribution in [3.05, 3.63) is 59.9 Å². The molecule has 0 radical (unpaired) electrons. The average molecular weight is 333 g/mol. The van der Waals surface area contributed by atoms with E-state index in [1.807, 2.05) is 12.1 Å². The summed E-state index contributed by atoms with van der Waals surface area (Å²) in [5.41, 5.74) is 1.40. The van der Waals surface area contributed by atoms with Crippen LogP contribution in [0.2, 0.25) is 0 Å². The number of hydrogen-bond acceptors (Lipinski definition) is 5. The van der Waals surface area contributed by atoms with Crippen LogP contribution < -0.4 is 5.32 Å². The van der Waals surface area contributed by atoms with Gasteiger partial charge in [-0.3, -0.25) is 9.78 Å². The Bertz CT molecular complexity index is 774. The van der Waals surface area contributed by atoms with E-state index in [0.29, 0.717) is 12.1 Å². The molecule has 0 fully saturated rings. The number of carbonyl (C=O) groups excluding carboxylic acids is 1. The first-order valence-corrected chi connectivity index (χ1v) is 8.50. The average Bonchev–Trinajstić information content (AvgIpc) is 2.55. The minimum absolute atomic E-state index is 0.113. The summed E-state index contributed by atoms with van der Waals surface area (Å²) in [4.78, 5) is 16.2. The third-order valence-corrected chi connectivity index (χ3v) is 5.11. The molecule has 0 bridgehead atoms. The Balaban J connectivity index is 2.03. The van der Waals surface area contributed by atoms with E-state index in [9.17, 15) is 13.2 Å². The molecule has 0 amide bonds. The number of Topliss-reactive ketones (excluding diaryl/α,β-unsaturated/α-hetero) is 1. The van der Waals surface area contributed by atoms with Crippen LogP contribution in [-0.2, 0) is 16.6 Å². The smallest absolute Gasteiger partial charge is 0.242 e. The number of aromatic nitrogens is 1. The molecule has 0 spiro atoms. The SMILES string of the molecule is CN(C)S(=O)(=O)c1cccc(C(=O)CNCc2ccncc2)c1. The number of nitrogens with zero attached hydrogens (tertiary/aromatic N) is 2. The highest BCUT2D eigenvalue weighted by Gasteiger charge is 2.18. The molecule has 1 N–H and O–H groups in total. The standard InChI is InChI=1S/C16H19N3O3S/c1-19(2)23(21,22)15-5-3-4-14(10-15)16(20)12-18-11-13-6-8-17-9-7-13/h3-10,18H,11-12H2,1-2H3. The van der Waals surface area contributed by atoms with E-state index in [2.05, 4.69) is 10.3 Å². The maximum Gasteiger partial charge on any atom is 0.242 e. The molecule has 2 rings (SSSR count). The first kappa shape index (κ1) is 17.3. The van der Waals surface area contributed by atoms with Gasteiger partial charge in [-0.2, -0.15) is 0 Å². The Labute approximate surface area is 136 Å². The van der Waals surface area contributed by atoms with E-state index in [0.717, 1.165) is 9.87 Å². The first-order valence-electron chi connectivity index (χ1n) is 7.06. The van der Waals surface area contributed by atoms with Crippen LogP contribution in [0.25, 0.3) is 0 Å². The van der Waals surface area contributed by atoms with Crippen LogP contribution in [-0.4, -0.2) is 44.1 Å². The van der Waals surface area contributed by atoms with Crippen molar-refractivity contribution >= 4 is 15.8 Å².